The van der Waals surface area contributed by atoms with E-state index >= 15 is 0 Å². The van der Waals surface area contributed by atoms with Crippen LogP contribution in [0.5, 0.6) is 0 Å². The Hall–Kier alpha value is -3.91. The first-order chi connectivity index (χ1) is 19.5. The lowest BCUT2D eigenvalue weighted by Crippen LogP contribution is -2.42. The first kappa shape index (κ1) is 34.1. The minimum absolute atomic E-state index is 0.111. The molecule has 218 valence electrons. The first-order valence-corrected chi connectivity index (χ1v) is 13.8. The van der Waals surface area contributed by atoms with Gasteiger partial charge in [0.25, 0.3) is 5.91 Å². The number of fused-ring (bicyclic) bond motifs is 1. The van der Waals surface area contributed by atoms with Crippen molar-refractivity contribution in [3.63, 3.8) is 0 Å². The molecule has 1 saturated heterocycles. The third-order valence-electron chi connectivity index (χ3n) is 6.23. The molecule has 8 nitrogen and oxygen atoms in total. The van der Waals surface area contributed by atoms with Crippen LogP contribution >= 0.6 is 0 Å². The van der Waals surface area contributed by atoms with E-state index in [4.69, 9.17) is 9.53 Å². The molecule has 2 amide bonds. The molecule has 0 aliphatic carbocycles. The number of carbonyl (C=O) groups is 3. The minimum atomic E-state index is -0.231. The second-order valence-electron chi connectivity index (χ2n) is 8.66. The topological polar surface area (TPSA) is 97.0 Å². The Labute approximate surface area is 239 Å². The summed E-state index contributed by atoms with van der Waals surface area (Å²) in [6.45, 7) is 14.3. The fourth-order valence-corrected chi connectivity index (χ4v) is 4.19. The number of hydrogen-bond donors (Lipinski definition) is 2. The summed E-state index contributed by atoms with van der Waals surface area (Å²) in [5.74, 6) is -0.111. The van der Waals surface area contributed by atoms with E-state index in [0.29, 0.717) is 25.3 Å². The van der Waals surface area contributed by atoms with E-state index < -0.39 is 0 Å². The van der Waals surface area contributed by atoms with Crippen LogP contribution in [0.25, 0.3) is 10.8 Å². The van der Waals surface area contributed by atoms with E-state index in [0.717, 1.165) is 47.2 Å². The number of carbonyl (C=O) groups excluding carboxylic acids is 3. The van der Waals surface area contributed by atoms with Gasteiger partial charge in [0.2, 0.25) is 0 Å². The summed E-state index contributed by atoms with van der Waals surface area (Å²) in [5, 5.41) is 8.77. The molecule has 1 aliphatic heterocycles. The molecule has 3 aromatic carbocycles. The van der Waals surface area contributed by atoms with Crippen LogP contribution in [0.1, 0.15) is 56.5 Å². The molecule has 8 heteroatoms. The van der Waals surface area contributed by atoms with Gasteiger partial charge in [-0.2, -0.15) is 0 Å². The number of anilines is 2. The smallest absolute Gasteiger partial charge is 0.409 e. The van der Waals surface area contributed by atoms with Crippen molar-refractivity contribution in [3.8, 4) is 0 Å². The second-order valence-corrected chi connectivity index (χ2v) is 8.66. The van der Waals surface area contributed by atoms with Crippen LogP contribution in [0.3, 0.4) is 0 Å². The lowest BCUT2D eigenvalue weighted by molar-refractivity contribution is -0.0980. The van der Waals surface area contributed by atoms with Gasteiger partial charge in [0.15, 0.2) is 0 Å². The third-order valence-corrected chi connectivity index (χ3v) is 6.23. The largest absolute Gasteiger partial charge is 0.450 e. The van der Waals surface area contributed by atoms with Crippen molar-refractivity contribution < 1.29 is 23.9 Å². The van der Waals surface area contributed by atoms with Gasteiger partial charge in [0.05, 0.1) is 6.61 Å². The van der Waals surface area contributed by atoms with Gasteiger partial charge in [-0.25, -0.2) is 4.79 Å². The van der Waals surface area contributed by atoms with E-state index in [-0.39, 0.29) is 18.0 Å². The summed E-state index contributed by atoms with van der Waals surface area (Å²) >= 11 is 0. The molecule has 3 aromatic rings. The molecule has 0 unspecified atom stereocenters. The van der Waals surface area contributed by atoms with E-state index in [2.05, 4.69) is 21.4 Å². The molecular weight excluding hydrogens is 506 g/mol. The number of nitrogens with one attached hydrogen (secondary N) is 2. The van der Waals surface area contributed by atoms with Gasteiger partial charge in [0.1, 0.15) is 6.79 Å². The summed E-state index contributed by atoms with van der Waals surface area (Å²) in [6.07, 6.45) is 1.49. The van der Waals surface area contributed by atoms with Crippen LogP contribution in [0.15, 0.2) is 60.7 Å². The maximum absolute atomic E-state index is 12.8. The molecule has 1 heterocycles. The maximum atomic E-state index is 12.8. The van der Waals surface area contributed by atoms with Crippen LogP contribution in [0.4, 0.5) is 16.2 Å². The molecule has 1 fully saturated rings. The lowest BCUT2D eigenvalue weighted by Gasteiger charge is -2.32. The first-order valence-electron chi connectivity index (χ1n) is 13.8. The number of likely N-dealkylation sites (tertiary alicyclic amines) is 1. The molecule has 0 atom stereocenters. The number of aryl methyl sites for hydroxylation is 1. The summed E-state index contributed by atoms with van der Waals surface area (Å²) < 4.78 is 9.65. The summed E-state index contributed by atoms with van der Waals surface area (Å²) in [5.41, 5.74) is 3.44. The Morgan fingerprint density at radius 2 is 1.40 bits per heavy atom. The van der Waals surface area contributed by atoms with Crippen molar-refractivity contribution >= 4 is 40.9 Å². The number of methoxy groups -OCH3 is 1. The highest BCUT2D eigenvalue weighted by Gasteiger charge is 2.24. The number of nitrogens with zero attached hydrogens (tertiary/aromatic N) is 1. The Morgan fingerprint density at radius 1 is 0.875 bits per heavy atom. The quantitative estimate of drug-likeness (QED) is 0.345. The van der Waals surface area contributed by atoms with Crippen LogP contribution in [0, 0.1) is 6.92 Å². The Balaban J connectivity index is 0.000000902. The lowest BCUT2D eigenvalue weighted by atomic mass is 10.0. The summed E-state index contributed by atoms with van der Waals surface area (Å²) in [6, 6.07) is 19.9. The fraction of sp³-hybridized carbons (Fsp3) is 0.406. The molecule has 0 radical (unpaired) electrons. The van der Waals surface area contributed by atoms with E-state index in [9.17, 15) is 9.59 Å². The fourth-order valence-electron chi connectivity index (χ4n) is 4.19. The van der Waals surface area contributed by atoms with Gasteiger partial charge < -0.3 is 29.8 Å². The molecule has 0 spiro atoms. The van der Waals surface area contributed by atoms with Gasteiger partial charge in [-0.3, -0.25) is 4.79 Å². The molecule has 0 aromatic heterocycles. The van der Waals surface area contributed by atoms with Gasteiger partial charge in [-0.15, -0.1) is 0 Å². The van der Waals surface area contributed by atoms with Crippen molar-refractivity contribution in [2.75, 3.05) is 44.0 Å². The van der Waals surface area contributed by atoms with Gasteiger partial charge in [-0.05, 0) is 57.4 Å². The molecule has 4 rings (SSSR count). The van der Waals surface area contributed by atoms with Gasteiger partial charge in [-0.1, -0.05) is 56.3 Å². The van der Waals surface area contributed by atoms with Crippen molar-refractivity contribution in [3.05, 3.63) is 71.8 Å². The Kier molecular flexibility index (Phi) is 16.4. The second kappa shape index (κ2) is 19.2. The number of piperidine rings is 1. The predicted octanol–water partition coefficient (Wildman–Crippen LogP) is 6.93. The highest BCUT2D eigenvalue weighted by atomic mass is 16.6. The number of rotatable bonds is 6. The van der Waals surface area contributed by atoms with E-state index in [1.54, 1.807) is 12.0 Å². The molecule has 40 heavy (non-hydrogen) atoms. The minimum Gasteiger partial charge on any atom is -0.450 e. The van der Waals surface area contributed by atoms with Crippen molar-refractivity contribution in [1.29, 1.82) is 0 Å². The zero-order chi connectivity index (χ0) is 29.9. The standard InChI is InChI=1S/C26H29N3O3.C3H8O.C2H6.CH2O/c1-3-32-26(31)29-16-14-19(15-17-29)27-23-12-13-24(22-11-7-6-10-21(22)23)28-25(30)20-9-5-4-8-18(20)2;1-3-4-2;2*1-2/h4-13,19,27H,3,14-17H2,1-2H3,(H,28,30);3H2,1-2H3;1-2H3;1H2. The molecular formula is C32H45N3O5. The molecule has 2 N–H and O–H groups in total. The zero-order valence-electron chi connectivity index (χ0n) is 24.8. The third kappa shape index (κ3) is 10.0. The number of ether oxygens (including phenoxy) is 2. The average Bonchev–Trinajstić information content (AvgIpc) is 3.01. The summed E-state index contributed by atoms with van der Waals surface area (Å²) in [4.78, 5) is 34.5. The normalized spacial score (nSPS) is 12.4. The van der Waals surface area contributed by atoms with E-state index in [1.807, 2.05) is 96.0 Å². The molecule has 1 aliphatic rings. The number of benzene rings is 3. The highest BCUT2D eigenvalue weighted by Crippen LogP contribution is 2.32. The van der Waals surface area contributed by atoms with Gasteiger partial charge in [0, 0.05) is 60.6 Å². The van der Waals surface area contributed by atoms with E-state index in [1.165, 1.54) is 0 Å². The monoisotopic (exact) mass is 551 g/mol. The predicted molar refractivity (Wildman–Crippen MR) is 164 cm³/mol. The maximum Gasteiger partial charge on any atom is 0.409 e. The van der Waals surface area contributed by atoms with Crippen LogP contribution < -0.4 is 10.6 Å². The average molecular weight is 552 g/mol. The molecule has 0 saturated carbocycles. The van der Waals surface area contributed by atoms with Crippen LogP contribution in [0.2, 0.25) is 0 Å². The zero-order valence-corrected chi connectivity index (χ0v) is 24.8. The highest BCUT2D eigenvalue weighted by molar-refractivity contribution is 6.11. The van der Waals surface area contributed by atoms with Crippen molar-refractivity contribution in [2.24, 2.45) is 0 Å². The number of hydrogen-bond acceptors (Lipinski definition) is 6. The Bertz CT molecular complexity index is 1170. The van der Waals surface area contributed by atoms with Crippen molar-refractivity contribution in [1.82, 2.24) is 4.90 Å². The van der Waals surface area contributed by atoms with Crippen LogP contribution in [-0.4, -0.2) is 63.1 Å². The van der Waals surface area contributed by atoms with Crippen molar-refractivity contribution in [2.45, 2.75) is 53.5 Å². The van der Waals surface area contributed by atoms with Crippen LogP contribution in [-0.2, 0) is 14.3 Å². The Morgan fingerprint density at radius 3 is 1.95 bits per heavy atom. The number of amides is 2. The molecule has 0 bridgehead atoms. The summed E-state index contributed by atoms with van der Waals surface area (Å²) in [7, 11) is 1.68. The van der Waals surface area contributed by atoms with Gasteiger partial charge >= 0.3 is 6.09 Å². The SMILES string of the molecule is C=O.CC.CCOC.CCOC(=O)N1CCC(Nc2ccc(NC(=O)c3ccccc3C)c3ccccc23)CC1.